The zero-order chi connectivity index (χ0) is 20.1. The standard InChI is InChI=1S/C19H27N3OS.CH2O3/c1-13-16-12-17(18(23)20-14-8-4-2-5-9-14)24-19(16)22(21-13)15-10-6-3-7-11-15;2-1(3)4/h12,14-15H,2-11H2,1H3,(H,20,23);(H2,2,3,4). The lowest BCUT2D eigenvalue weighted by Crippen LogP contribution is -2.35. The van der Waals surface area contributed by atoms with Crippen LogP contribution in [0.25, 0.3) is 10.2 Å². The van der Waals surface area contributed by atoms with Gasteiger partial charge in [0.15, 0.2) is 0 Å². The maximum Gasteiger partial charge on any atom is 0.503 e. The summed E-state index contributed by atoms with van der Waals surface area (Å²) in [5.41, 5.74) is 1.06. The van der Waals surface area contributed by atoms with Gasteiger partial charge in [0.05, 0.1) is 16.6 Å². The van der Waals surface area contributed by atoms with Crippen molar-refractivity contribution in [2.45, 2.75) is 83.2 Å². The van der Waals surface area contributed by atoms with Crippen LogP contribution in [0.5, 0.6) is 0 Å². The van der Waals surface area contributed by atoms with Crippen LogP contribution in [0.1, 0.15) is 85.6 Å². The molecule has 4 rings (SSSR count). The summed E-state index contributed by atoms with van der Waals surface area (Å²) in [6.07, 6.45) is 10.6. The summed E-state index contributed by atoms with van der Waals surface area (Å²) in [7, 11) is 0. The first-order valence-electron chi connectivity index (χ1n) is 10.2. The lowest BCUT2D eigenvalue weighted by molar-refractivity contribution is 0.0931. The summed E-state index contributed by atoms with van der Waals surface area (Å²) >= 11 is 1.62. The monoisotopic (exact) mass is 407 g/mol. The predicted molar refractivity (Wildman–Crippen MR) is 109 cm³/mol. The van der Waals surface area contributed by atoms with Gasteiger partial charge in [0.2, 0.25) is 0 Å². The van der Waals surface area contributed by atoms with E-state index in [0.29, 0.717) is 12.1 Å². The van der Waals surface area contributed by atoms with Gasteiger partial charge in [-0.15, -0.1) is 11.3 Å². The SMILES string of the molecule is Cc1nn(C2CCCCC2)c2sc(C(=O)NC3CCCCC3)cc12.O=C(O)O. The summed E-state index contributed by atoms with van der Waals surface area (Å²) in [6.45, 7) is 2.07. The van der Waals surface area contributed by atoms with Gasteiger partial charge < -0.3 is 15.5 Å². The Labute approximate surface area is 168 Å². The average Bonchev–Trinajstić information content (AvgIpc) is 3.24. The summed E-state index contributed by atoms with van der Waals surface area (Å²) in [5.74, 6) is 0.109. The maximum atomic E-state index is 12.6. The largest absolute Gasteiger partial charge is 0.503 e. The molecule has 0 spiro atoms. The second-order valence-electron chi connectivity index (χ2n) is 7.74. The number of rotatable bonds is 3. The molecule has 3 N–H and O–H groups in total. The Balaban J connectivity index is 0.000000516. The van der Waals surface area contributed by atoms with E-state index >= 15 is 0 Å². The van der Waals surface area contributed by atoms with E-state index in [2.05, 4.69) is 23.0 Å². The smallest absolute Gasteiger partial charge is 0.450 e. The van der Waals surface area contributed by atoms with Crippen LogP contribution in [0.4, 0.5) is 4.79 Å². The number of thiophene rings is 1. The van der Waals surface area contributed by atoms with Crippen LogP contribution in [0.15, 0.2) is 6.07 Å². The second kappa shape index (κ2) is 9.41. The summed E-state index contributed by atoms with van der Waals surface area (Å²) in [4.78, 5) is 23.2. The average molecular weight is 408 g/mol. The Morgan fingerprint density at radius 1 is 1.07 bits per heavy atom. The molecule has 2 aliphatic rings. The molecule has 0 aliphatic heterocycles. The third kappa shape index (κ3) is 5.04. The van der Waals surface area contributed by atoms with E-state index in [-0.39, 0.29) is 5.91 Å². The fraction of sp³-hybridized carbons (Fsp3) is 0.650. The molecule has 2 heterocycles. The number of carboxylic acid groups (broad SMARTS) is 2. The molecular formula is C20H29N3O4S. The van der Waals surface area contributed by atoms with Crippen LogP contribution in [0.3, 0.4) is 0 Å². The van der Waals surface area contributed by atoms with Gasteiger partial charge >= 0.3 is 6.16 Å². The quantitative estimate of drug-likeness (QED) is 0.649. The first kappa shape index (κ1) is 20.6. The van der Waals surface area contributed by atoms with Crippen molar-refractivity contribution >= 4 is 33.6 Å². The minimum Gasteiger partial charge on any atom is -0.450 e. The number of nitrogens with zero attached hydrogens (tertiary/aromatic N) is 2. The van der Waals surface area contributed by atoms with Crippen molar-refractivity contribution in [2.75, 3.05) is 0 Å². The highest BCUT2D eigenvalue weighted by molar-refractivity contribution is 7.20. The Kier molecular flexibility index (Phi) is 6.93. The van der Waals surface area contributed by atoms with E-state index in [4.69, 9.17) is 20.1 Å². The summed E-state index contributed by atoms with van der Waals surface area (Å²) in [5, 5.41) is 23.1. The number of aryl methyl sites for hydroxylation is 1. The molecule has 8 heteroatoms. The van der Waals surface area contributed by atoms with Crippen molar-refractivity contribution in [1.82, 2.24) is 15.1 Å². The molecule has 0 atom stereocenters. The van der Waals surface area contributed by atoms with Gasteiger partial charge in [0.25, 0.3) is 5.91 Å². The van der Waals surface area contributed by atoms with Crippen molar-refractivity contribution in [1.29, 1.82) is 0 Å². The molecule has 2 aliphatic carbocycles. The number of nitrogens with one attached hydrogen (secondary N) is 1. The number of hydrogen-bond donors (Lipinski definition) is 3. The number of amides is 1. The molecule has 2 fully saturated rings. The lowest BCUT2D eigenvalue weighted by atomic mass is 9.95. The van der Waals surface area contributed by atoms with E-state index < -0.39 is 6.16 Å². The molecule has 28 heavy (non-hydrogen) atoms. The zero-order valence-electron chi connectivity index (χ0n) is 16.3. The molecule has 0 aromatic carbocycles. The maximum absolute atomic E-state index is 12.6. The number of carbonyl (C=O) groups is 2. The highest BCUT2D eigenvalue weighted by Gasteiger charge is 2.23. The number of hydrogen-bond acceptors (Lipinski definition) is 4. The van der Waals surface area contributed by atoms with Crippen LogP contribution in [0, 0.1) is 6.92 Å². The van der Waals surface area contributed by atoms with Crippen LogP contribution < -0.4 is 5.32 Å². The number of fused-ring (bicyclic) bond motifs is 1. The Morgan fingerprint density at radius 2 is 1.64 bits per heavy atom. The van der Waals surface area contributed by atoms with Crippen molar-refractivity contribution < 1.29 is 19.8 Å². The van der Waals surface area contributed by atoms with E-state index in [9.17, 15) is 4.79 Å². The van der Waals surface area contributed by atoms with E-state index in [1.165, 1.54) is 61.6 Å². The zero-order valence-corrected chi connectivity index (χ0v) is 17.1. The fourth-order valence-corrected chi connectivity index (χ4v) is 5.40. The molecular weight excluding hydrogens is 378 g/mol. The first-order chi connectivity index (χ1) is 13.5. The molecule has 2 saturated carbocycles. The Bertz CT molecular complexity index is 813. The van der Waals surface area contributed by atoms with Gasteiger partial charge in [-0.3, -0.25) is 9.48 Å². The van der Waals surface area contributed by atoms with Gasteiger partial charge in [0.1, 0.15) is 4.83 Å². The van der Waals surface area contributed by atoms with Crippen molar-refractivity contribution in [3.63, 3.8) is 0 Å². The van der Waals surface area contributed by atoms with Crippen LogP contribution >= 0.6 is 11.3 Å². The normalized spacial score (nSPS) is 18.5. The summed E-state index contributed by atoms with van der Waals surface area (Å²) < 4.78 is 2.21. The van der Waals surface area contributed by atoms with E-state index in [1.807, 2.05) is 0 Å². The lowest BCUT2D eigenvalue weighted by Gasteiger charge is -2.22. The molecule has 0 radical (unpaired) electrons. The van der Waals surface area contributed by atoms with E-state index in [0.717, 1.165) is 23.4 Å². The molecule has 1 amide bonds. The van der Waals surface area contributed by atoms with Crippen LogP contribution in [-0.2, 0) is 0 Å². The third-order valence-electron chi connectivity index (χ3n) is 5.65. The molecule has 2 aromatic rings. The Hall–Kier alpha value is -2.09. The highest BCUT2D eigenvalue weighted by atomic mass is 32.1. The topological polar surface area (TPSA) is 104 Å². The number of carbonyl (C=O) groups excluding carboxylic acids is 1. The Morgan fingerprint density at radius 3 is 2.25 bits per heavy atom. The van der Waals surface area contributed by atoms with Crippen LogP contribution in [0.2, 0.25) is 0 Å². The number of aromatic nitrogens is 2. The molecule has 7 nitrogen and oxygen atoms in total. The summed E-state index contributed by atoms with van der Waals surface area (Å²) in [6, 6.07) is 2.94. The first-order valence-corrected chi connectivity index (χ1v) is 11.0. The van der Waals surface area contributed by atoms with Crippen molar-refractivity contribution in [3.05, 3.63) is 16.6 Å². The van der Waals surface area contributed by atoms with Gasteiger partial charge in [0, 0.05) is 11.4 Å². The van der Waals surface area contributed by atoms with Gasteiger partial charge in [-0.05, 0) is 38.7 Å². The van der Waals surface area contributed by atoms with Crippen molar-refractivity contribution in [3.8, 4) is 0 Å². The van der Waals surface area contributed by atoms with Crippen LogP contribution in [-0.4, -0.2) is 38.1 Å². The molecule has 0 unspecified atom stereocenters. The van der Waals surface area contributed by atoms with Gasteiger partial charge in [-0.25, -0.2) is 4.79 Å². The van der Waals surface area contributed by atoms with E-state index in [1.54, 1.807) is 11.3 Å². The molecule has 0 bridgehead atoms. The fourth-order valence-electron chi connectivity index (χ4n) is 4.26. The van der Waals surface area contributed by atoms with Gasteiger partial charge in [-0.1, -0.05) is 38.5 Å². The predicted octanol–water partition coefficient (Wildman–Crippen LogP) is 5.20. The van der Waals surface area contributed by atoms with Crippen molar-refractivity contribution in [2.24, 2.45) is 0 Å². The molecule has 0 saturated heterocycles. The molecule has 2 aromatic heterocycles. The second-order valence-corrected chi connectivity index (χ2v) is 8.77. The minimum atomic E-state index is -1.83. The minimum absolute atomic E-state index is 0.109. The van der Waals surface area contributed by atoms with Gasteiger partial charge in [-0.2, -0.15) is 5.10 Å². The molecule has 154 valence electrons. The highest BCUT2D eigenvalue weighted by Crippen LogP contribution is 2.35. The third-order valence-corrected chi connectivity index (χ3v) is 6.78.